The summed E-state index contributed by atoms with van der Waals surface area (Å²) in [4.78, 5) is 11.1. The first-order valence-electron chi connectivity index (χ1n) is 7.03. The Balaban J connectivity index is 1.96. The first-order valence-corrected chi connectivity index (χ1v) is 8.42. The third kappa shape index (κ3) is 2.97. The predicted octanol–water partition coefficient (Wildman–Crippen LogP) is 2.76. The fraction of sp³-hybridized carbons (Fsp3) is 0.375. The smallest absolute Gasteiger partial charge is 0.135 e. The molecule has 5 heteroatoms. The maximum Gasteiger partial charge on any atom is 0.135 e. The van der Waals surface area contributed by atoms with Crippen LogP contribution in [0.5, 0.6) is 5.75 Å². The number of rotatable bonds is 4. The fourth-order valence-corrected chi connectivity index (χ4v) is 2.99. The van der Waals surface area contributed by atoms with Crippen molar-refractivity contribution in [3.8, 4) is 5.75 Å². The molecule has 0 fully saturated rings. The summed E-state index contributed by atoms with van der Waals surface area (Å²) in [6.45, 7) is 1.49. The predicted molar refractivity (Wildman–Crippen MR) is 87.3 cm³/mol. The van der Waals surface area contributed by atoms with E-state index in [0.29, 0.717) is 6.61 Å². The van der Waals surface area contributed by atoms with Gasteiger partial charge in [-0.1, -0.05) is 18.2 Å². The lowest BCUT2D eigenvalue weighted by Crippen LogP contribution is -2.23. The Labute approximate surface area is 129 Å². The van der Waals surface area contributed by atoms with E-state index in [1.54, 1.807) is 6.33 Å². The molecule has 0 saturated carbocycles. The van der Waals surface area contributed by atoms with Crippen molar-refractivity contribution in [2.45, 2.75) is 13.0 Å². The molecule has 1 aliphatic rings. The summed E-state index contributed by atoms with van der Waals surface area (Å²) in [5.74, 6) is 3.06. The second-order valence-electron chi connectivity index (χ2n) is 5.11. The second kappa shape index (κ2) is 6.35. The van der Waals surface area contributed by atoms with Gasteiger partial charge >= 0.3 is 0 Å². The Hall–Kier alpha value is -1.75. The number of nitrogens with zero attached hydrogens (tertiary/aromatic N) is 3. The highest BCUT2D eigenvalue weighted by molar-refractivity contribution is 7.98. The van der Waals surface area contributed by atoms with Crippen molar-refractivity contribution >= 4 is 17.6 Å². The van der Waals surface area contributed by atoms with Crippen LogP contribution in [0.2, 0.25) is 0 Å². The summed E-state index contributed by atoms with van der Waals surface area (Å²) >= 11 is 1.84. The van der Waals surface area contributed by atoms with E-state index >= 15 is 0 Å². The van der Waals surface area contributed by atoms with Crippen LogP contribution in [-0.4, -0.2) is 35.6 Å². The Morgan fingerprint density at radius 2 is 2.14 bits per heavy atom. The van der Waals surface area contributed by atoms with E-state index in [9.17, 15) is 0 Å². The lowest BCUT2D eigenvalue weighted by Gasteiger charge is -2.21. The van der Waals surface area contributed by atoms with Crippen molar-refractivity contribution in [3.05, 3.63) is 47.4 Å². The van der Waals surface area contributed by atoms with E-state index in [1.807, 2.05) is 30.0 Å². The van der Waals surface area contributed by atoms with Crippen molar-refractivity contribution in [1.29, 1.82) is 0 Å². The Kier molecular flexibility index (Phi) is 4.29. The van der Waals surface area contributed by atoms with Gasteiger partial charge in [-0.25, -0.2) is 9.97 Å². The molecule has 21 heavy (non-hydrogen) atoms. The van der Waals surface area contributed by atoms with Gasteiger partial charge in [0.05, 0.1) is 5.69 Å². The number of anilines is 1. The average molecular weight is 301 g/mol. The molecule has 0 N–H and O–H groups in total. The minimum atomic E-state index is 0.512. The molecule has 3 rings (SSSR count). The number of benzene rings is 1. The van der Waals surface area contributed by atoms with Gasteiger partial charge in [-0.05, 0) is 17.9 Å². The summed E-state index contributed by atoms with van der Waals surface area (Å²) in [6, 6.07) is 8.19. The summed E-state index contributed by atoms with van der Waals surface area (Å²) < 4.78 is 5.88. The van der Waals surface area contributed by atoms with Crippen LogP contribution in [-0.2, 0) is 13.0 Å². The van der Waals surface area contributed by atoms with Crippen molar-refractivity contribution in [2.24, 2.45) is 0 Å². The molecule has 4 nitrogen and oxygen atoms in total. The summed E-state index contributed by atoms with van der Waals surface area (Å²) in [5, 5.41) is 0. The number of hydrogen-bond donors (Lipinski definition) is 0. The third-order valence-electron chi connectivity index (χ3n) is 3.71. The van der Waals surface area contributed by atoms with E-state index in [-0.39, 0.29) is 0 Å². The fourth-order valence-electron chi connectivity index (χ4n) is 2.53. The molecule has 0 radical (unpaired) electrons. The molecule has 0 atom stereocenters. The highest BCUT2D eigenvalue weighted by atomic mass is 32.2. The molecular formula is C16H19N3OS. The minimum Gasteiger partial charge on any atom is -0.487 e. The van der Waals surface area contributed by atoms with Gasteiger partial charge in [0, 0.05) is 31.3 Å². The molecular weight excluding hydrogens is 282 g/mol. The summed E-state index contributed by atoms with van der Waals surface area (Å²) in [5.41, 5.74) is 3.38. The Bertz CT molecular complexity index is 633. The molecule has 0 saturated heterocycles. The maximum atomic E-state index is 5.88. The molecule has 0 bridgehead atoms. The largest absolute Gasteiger partial charge is 0.487 e. The van der Waals surface area contributed by atoms with Crippen LogP contribution >= 0.6 is 11.8 Å². The van der Waals surface area contributed by atoms with Gasteiger partial charge in [0.1, 0.15) is 24.5 Å². The zero-order valence-electron chi connectivity index (χ0n) is 12.4. The average Bonchev–Trinajstić information content (AvgIpc) is 2.71. The standard InChI is InChI=1S/C16H19N3OS/c1-19(7-8-21-2)16-13-9-12-5-3-4-6-15(12)20-10-14(13)17-11-18-16/h3-6,11H,7-10H2,1-2H3. The highest BCUT2D eigenvalue weighted by Gasteiger charge is 2.20. The van der Waals surface area contributed by atoms with Crippen LogP contribution < -0.4 is 9.64 Å². The van der Waals surface area contributed by atoms with Gasteiger partial charge in [0.2, 0.25) is 0 Å². The topological polar surface area (TPSA) is 38.2 Å². The van der Waals surface area contributed by atoms with Crippen LogP contribution in [0.4, 0.5) is 5.82 Å². The van der Waals surface area contributed by atoms with E-state index in [4.69, 9.17) is 4.74 Å². The van der Waals surface area contributed by atoms with Gasteiger partial charge in [-0.2, -0.15) is 11.8 Å². The van der Waals surface area contributed by atoms with Gasteiger partial charge < -0.3 is 9.64 Å². The van der Waals surface area contributed by atoms with Crippen LogP contribution in [0.15, 0.2) is 30.6 Å². The van der Waals surface area contributed by atoms with Crippen molar-refractivity contribution in [1.82, 2.24) is 9.97 Å². The number of fused-ring (bicyclic) bond motifs is 2. The number of thioether (sulfide) groups is 1. The molecule has 0 unspecified atom stereocenters. The lowest BCUT2D eigenvalue weighted by atomic mass is 10.0. The van der Waals surface area contributed by atoms with E-state index in [2.05, 4.69) is 34.2 Å². The Morgan fingerprint density at radius 3 is 3.00 bits per heavy atom. The SMILES string of the molecule is CSCCN(C)c1ncnc2c1Cc1ccccc1OC2. The Morgan fingerprint density at radius 1 is 1.29 bits per heavy atom. The first-order chi connectivity index (χ1) is 10.3. The second-order valence-corrected chi connectivity index (χ2v) is 6.10. The summed E-state index contributed by atoms with van der Waals surface area (Å²) in [7, 11) is 2.09. The highest BCUT2D eigenvalue weighted by Crippen LogP contribution is 2.31. The number of aromatic nitrogens is 2. The van der Waals surface area contributed by atoms with Crippen LogP contribution in [0.3, 0.4) is 0 Å². The van der Waals surface area contributed by atoms with Gasteiger partial charge in [0.15, 0.2) is 0 Å². The van der Waals surface area contributed by atoms with Crippen LogP contribution in [0, 0.1) is 0 Å². The molecule has 110 valence electrons. The number of ether oxygens (including phenoxy) is 1. The molecule has 0 aliphatic carbocycles. The van der Waals surface area contributed by atoms with Gasteiger partial charge in [0.25, 0.3) is 0 Å². The van der Waals surface area contributed by atoms with Gasteiger partial charge in [-0.3, -0.25) is 0 Å². The molecule has 1 aromatic heterocycles. The molecule has 1 aliphatic heterocycles. The minimum absolute atomic E-state index is 0.512. The molecule has 2 aromatic rings. The maximum absolute atomic E-state index is 5.88. The normalized spacial score (nSPS) is 12.9. The molecule has 0 amide bonds. The van der Waals surface area contributed by atoms with Crippen LogP contribution in [0.1, 0.15) is 16.8 Å². The monoisotopic (exact) mass is 301 g/mol. The van der Waals surface area contributed by atoms with Crippen molar-refractivity contribution in [2.75, 3.05) is 30.5 Å². The van der Waals surface area contributed by atoms with Crippen molar-refractivity contribution < 1.29 is 4.74 Å². The lowest BCUT2D eigenvalue weighted by molar-refractivity contribution is 0.302. The van der Waals surface area contributed by atoms with E-state index < -0.39 is 0 Å². The first kappa shape index (κ1) is 14.2. The molecule has 1 aromatic carbocycles. The number of hydrogen-bond acceptors (Lipinski definition) is 5. The zero-order valence-corrected chi connectivity index (χ0v) is 13.2. The molecule has 2 heterocycles. The van der Waals surface area contributed by atoms with E-state index in [1.165, 1.54) is 11.1 Å². The zero-order chi connectivity index (χ0) is 14.7. The summed E-state index contributed by atoms with van der Waals surface area (Å²) in [6.07, 6.45) is 4.59. The third-order valence-corrected chi connectivity index (χ3v) is 4.30. The van der Waals surface area contributed by atoms with Gasteiger partial charge in [-0.15, -0.1) is 0 Å². The quantitative estimate of drug-likeness (QED) is 0.868. The number of para-hydroxylation sites is 1. The van der Waals surface area contributed by atoms with Crippen molar-refractivity contribution in [3.63, 3.8) is 0 Å². The van der Waals surface area contributed by atoms with E-state index in [0.717, 1.165) is 36.0 Å². The van der Waals surface area contributed by atoms with Crippen LogP contribution in [0.25, 0.3) is 0 Å². The molecule has 0 spiro atoms.